The summed E-state index contributed by atoms with van der Waals surface area (Å²) in [6, 6.07) is 0. The first-order chi connectivity index (χ1) is 7.60. The van der Waals surface area contributed by atoms with Crippen molar-refractivity contribution >= 4 is 21.6 Å². The van der Waals surface area contributed by atoms with Crippen molar-refractivity contribution in [2.75, 3.05) is 44.4 Å². The van der Waals surface area contributed by atoms with Crippen molar-refractivity contribution < 1.29 is 8.42 Å². The van der Waals surface area contributed by atoms with Gasteiger partial charge in [0.2, 0.25) is 10.0 Å². The summed E-state index contributed by atoms with van der Waals surface area (Å²) in [5.74, 6) is 3.10. The third-order valence-electron chi connectivity index (χ3n) is 2.58. The number of rotatable bonds is 5. The van der Waals surface area contributed by atoms with E-state index in [0.29, 0.717) is 45.0 Å². The van der Waals surface area contributed by atoms with Crippen molar-refractivity contribution in [3.8, 4) is 12.3 Å². The molecule has 0 atom stereocenters. The van der Waals surface area contributed by atoms with E-state index >= 15 is 0 Å². The Morgan fingerprint density at radius 1 is 1.25 bits per heavy atom. The molecule has 1 aliphatic rings. The molecule has 16 heavy (non-hydrogen) atoms. The van der Waals surface area contributed by atoms with Gasteiger partial charge in [0.25, 0.3) is 0 Å². The van der Waals surface area contributed by atoms with Crippen LogP contribution in [0.15, 0.2) is 0 Å². The molecule has 4 nitrogen and oxygen atoms in total. The molecule has 1 heterocycles. The molecule has 0 aromatic carbocycles. The van der Waals surface area contributed by atoms with Crippen molar-refractivity contribution in [1.82, 2.24) is 9.21 Å². The highest BCUT2D eigenvalue weighted by Gasteiger charge is 2.25. The van der Waals surface area contributed by atoms with Crippen LogP contribution in [0.5, 0.6) is 0 Å². The molecule has 0 saturated carbocycles. The number of nitrogens with zero attached hydrogens (tertiary/aromatic N) is 2. The van der Waals surface area contributed by atoms with Crippen LogP contribution in [0.25, 0.3) is 0 Å². The van der Waals surface area contributed by atoms with Gasteiger partial charge in [-0.3, -0.25) is 4.90 Å². The van der Waals surface area contributed by atoms with E-state index in [9.17, 15) is 8.42 Å². The molecule has 0 aromatic heterocycles. The molecule has 1 aliphatic heterocycles. The zero-order valence-corrected chi connectivity index (χ0v) is 10.8. The third-order valence-corrected chi connectivity index (χ3v) is 4.80. The van der Waals surface area contributed by atoms with E-state index in [1.165, 1.54) is 4.31 Å². The van der Waals surface area contributed by atoms with E-state index in [-0.39, 0.29) is 5.75 Å². The van der Waals surface area contributed by atoms with Gasteiger partial charge in [-0.25, -0.2) is 8.42 Å². The van der Waals surface area contributed by atoms with Gasteiger partial charge in [0, 0.05) is 32.1 Å². The van der Waals surface area contributed by atoms with Gasteiger partial charge in [-0.05, 0) is 6.42 Å². The summed E-state index contributed by atoms with van der Waals surface area (Å²) in [5, 5.41) is 0. The van der Waals surface area contributed by atoms with Crippen LogP contribution in [-0.4, -0.2) is 62.0 Å². The van der Waals surface area contributed by atoms with Gasteiger partial charge >= 0.3 is 0 Å². The third kappa shape index (κ3) is 3.95. The lowest BCUT2D eigenvalue weighted by atomic mass is 10.4. The number of alkyl halides is 1. The molecule has 0 spiro atoms. The number of sulfonamides is 1. The second kappa shape index (κ2) is 6.45. The average molecular weight is 265 g/mol. The molecular formula is C10H17ClN2O2S. The minimum absolute atomic E-state index is 0.144. The summed E-state index contributed by atoms with van der Waals surface area (Å²) >= 11 is 5.50. The Hall–Kier alpha value is -0.280. The van der Waals surface area contributed by atoms with Crippen molar-refractivity contribution in [2.45, 2.75) is 6.42 Å². The summed E-state index contributed by atoms with van der Waals surface area (Å²) in [4.78, 5) is 2.08. The first-order valence-electron chi connectivity index (χ1n) is 5.30. The Morgan fingerprint density at radius 2 is 1.88 bits per heavy atom. The molecule has 0 unspecified atom stereocenters. The quantitative estimate of drug-likeness (QED) is 0.526. The minimum atomic E-state index is -3.11. The Labute approximate surface area is 103 Å². The van der Waals surface area contributed by atoms with Gasteiger partial charge in [-0.15, -0.1) is 18.0 Å². The van der Waals surface area contributed by atoms with E-state index in [1.807, 2.05) is 0 Å². The predicted molar refractivity (Wildman–Crippen MR) is 66.0 cm³/mol. The van der Waals surface area contributed by atoms with Crippen LogP contribution in [0.3, 0.4) is 0 Å². The normalized spacial score (nSPS) is 19.5. The van der Waals surface area contributed by atoms with E-state index in [1.54, 1.807) is 0 Å². The summed E-state index contributed by atoms with van der Waals surface area (Å²) in [5.41, 5.74) is 0. The summed E-state index contributed by atoms with van der Waals surface area (Å²) in [6.07, 6.45) is 5.72. The van der Waals surface area contributed by atoms with Crippen LogP contribution < -0.4 is 0 Å². The van der Waals surface area contributed by atoms with Crippen LogP contribution in [-0.2, 0) is 10.0 Å². The summed E-state index contributed by atoms with van der Waals surface area (Å²) in [7, 11) is -3.11. The highest BCUT2D eigenvalue weighted by Crippen LogP contribution is 2.09. The van der Waals surface area contributed by atoms with Gasteiger partial charge in [-0.1, -0.05) is 5.92 Å². The number of piperazine rings is 1. The zero-order chi connectivity index (χ0) is 12.0. The van der Waals surface area contributed by atoms with Gasteiger partial charge in [0.05, 0.1) is 12.3 Å². The molecule has 1 rings (SSSR count). The molecule has 1 fully saturated rings. The predicted octanol–water partition coefficient (Wildman–Crippen LogP) is 0.196. The molecule has 0 N–H and O–H groups in total. The highest BCUT2D eigenvalue weighted by atomic mass is 35.5. The Balaban J connectivity index is 2.44. The number of hydrogen-bond acceptors (Lipinski definition) is 3. The van der Waals surface area contributed by atoms with E-state index in [4.69, 9.17) is 18.0 Å². The van der Waals surface area contributed by atoms with Crippen LogP contribution in [0.1, 0.15) is 6.42 Å². The number of halogens is 1. The van der Waals surface area contributed by atoms with Crippen molar-refractivity contribution in [2.24, 2.45) is 0 Å². The molecule has 0 aromatic rings. The Morgan fingerprint density at radius 3 is 2.38 bits per heavy atom. The second-order valence-electron chi connectivity index (χ2n) is 3.74. The Kier molecular flexibility index (Phi) is 5.56. The van der Waals surface area contributed by atoms with Crippen molar-refractivity contribution in [3.63, 3.8) is 0 Å². The van der Waals surface area contributed by atoms with Gasteiger partial charge in [0.1, 0.15) is 0 Å². The van der Waals surface area contributed by atoms with Crippen molar-refractivity contribution in [3.05, 3.63) is 0 Å². The topological polar surface area (TPSA) is 40.6 Å². The van der Waals surface area contributed by atoms with Crippen LogP contribution >= 0.6 is 11.6 Å². The van der Waals surface area contributed by atoms with Crippen molar-refractivity contribution in [1.29, 1.82) is 0 Å². The van der Waals surface area contributed by atoms with Gasteiger partial charge in [0.15, 0.2) is 0 Å². The molecule has 0 amide bonds. The SMILES string of the molecule is C#CCN1CCN(S(=O)(=O)CCCCl)CC1. The monoisotopic (exact) mass is 264 g/mol. The molecule has 6 heteroatoms. The first kappa shape index (κ1) is 13.8. The zero-order valence-electron chi connectivity index (χ0n) is 9.23. The lowest BCUT2D eigenvalue weighted by Gasteiger charge is -2.32. The lowest BCUT2D eigenvalue weighted by Crippen LogP contribution is -2.49. The van der Waals surface area contributed by atoms with Crippen LogP contribution in [0.4, 0.5) is 0 Å². The maximum atomic E-state index is 11.8. The maximum absolute atomic E-state index is 11.8. The molecule has 0 aliphatic carbocycles. The number of terminal acetylenes is 1. The molecule has 0 radical (unpaired) electrons. The molecular weight excluding hydrogens is 248 g/mol. The molecule has 1 saturated heterocycles. The lowest BCUT2D eigenvalue weighted by molar-refractivity contribution is 0.207. The van der Waals surface area contributed by atoms with E-state index < -0.39 is 10.0 Å². The molecule has 92 valence electrons. The fourth-order valence-electron chi connectivity index (χ4n) is 1.66. The largest absolute Gasteiger partial charge is 0.290 e. The number of hydrogen-bond donors (Lipinski definition) is 0. The summed E-state index contributed by atoms with van der Waals surface area (Å²) < 4.78 is 25.2. The average Bonchev–Trinajstić information content (AvgIpc) is 2.28. The van der Waals surface area contributed by atoms with Crippen LogP contribution in [0.2, 0.25) is 0 Å². The smallest absolute Gasteiger partial charge is 0.214 e. The Bertz CT molecular complexity index is 342. The minimum Gasteiger partial charge on any atom is -0.290 e. The van der Waals surface area contributed by atoms with Crippen LogP contribution in [0, 0.1) is 12.3 Å². The maximum Gasteiger partial charge on any atom is 0.214 e. The molecule has 0 bridgehead atoms. The first-order valence-corrected chi connectivity index (χ1v) is 7.44. The fourth-order valence-corrected chi connectivity index (χ4v) is 3.44. The highest BCUT2D eigenvalue weighted by molar-refractivity contribution is 7.89. The van der Waals surface area contributed by atoms with E-state index in [2.05, 4.69) is 10.8 Å². The fraction of sp³-hybridized carbons (Fsp3) is 0.800. The van der Waals surface area contributed by atoms with Gasteiger partial charge in [-0.2, -0.15) is 4.31 Å². The summed E-state index contributed by atoms with van der Waals surface area (Å²) in [6.45, 7) is 3.09. The second-order valence-corrected chi connectivity index (χ2v) is 6.20. The van der Waals surface area contributed by atoms with Gasteiger partial charge < -0.3 is 0 Å². The van der Waals surface area contributed by atoms with E-state index in [0.717, 1.165) is 0 Å². The standard InChI is InChI=1S/C10H17ClN2O2S/c1-2-5-12-6-8-13(9-7-12)16(14,15)10-3-4-11/h1H,3-10H2.